The van der Waals surface area contributed by atoms with Gasteiger partial charge in [0.25, 0.3) is 5.56 Å². The van der Waals surface area contributed by atoms with Crippen molar-refractivity contribution in [3.63, 3.8) is 0 Å². The van der Waals surface area contributed by atoms with E-state index in [9.17, 15) is 21.9 Å². The zero-order chi connectivity index (χ0) is 20.9. The Morgan fingerprint density at radius 2 is 1.69 bits per heavy atom. The first-order valence-electron chi connectivity index (χ1n) is 8.56. The van der Waals surface area contributed by atoms with Crippen LogP contribution in [0.15, 0.2) is 76.4 Å². The summed E-state index contributed by atoms with van der Waals surface area (Å²) < 4.78 is 35.7. The van der Waals surface area contributed by atoms with Crippen LogP contribution in [0, 0.1) is 0 Å². The van der Waals surface area contributed by atoms with Gasteiger partial charge in [-0.1, -0.05) is 30.3 Å². The van der Waals surface area contributed by atoms with Crippen molar-refractivity contribution >= 4 is 21.9 Å². The Bertz CT molecular complexity index is 1160. The van der Waals surface area contributed by atoms with E-state index >= 15 is 0 Å². The summed E-state index contributed by atoms with van der Waals surface area (Å²) in [7, 11) is -4.79. The van der Waals surface area contributed by atoms with Crippen molar-refractivity contribution in [2.75, 3.05) is 11.9 Å². The smallest absolute Gasteiger partial charge is 0.332 e. The highest BCUT2D eigenvalue weighted by Gasteiger charge is 2.11. The van der Waals surface area contributed by atoms with Crippen LogP contribution in [0.4, 0.5) is 14.4 Å². The summed E-state index contributed by atoms with van der Waals surface area (Å²) in [4.78, 5) is 23.4. The van der Waals surface area contributed by atoms with Crippen molar-refractivity contribution in [2.45, 2.75) is 11.4 Å². The predicted octanol–water partition coefficient (Wildman–Crippen LogP) is 2.39. The van der Waals surface area contributed by atoms with Gasteiger partial charge in [0.15, 0.2) is 0 Å². The molecule has 0 fully saturated rings. The number of hydrogen-bond acceptors (Lipinski definition) is 5. The van der Waals surface area contributed by atoms with Gasteiger partial charge in [-0.15, -0.1) is 3.89 Å². The lowest BCUT2D eigenvalue weighted by molar-refractivity contribution is 0.251. The van der Waals surface area contributed by atoms with E-state index in [1.165, 1.54) is 22.9 Å². The zero-order valence-electron chi connectivity index (χ0n) is 15.1. The number of carbonyl (C=O) groups is 1. The molecule has 29 heavy (non-hydrogen) atoms. The molecule has 0 aliphatic rings. The van der Waals surface area contributed by atoms with Crippen LogP contribution in [-0.2, 0) is 16.8 Å². The summed E-state index contributed by atoms with van der Waals surface area (Å²) in [5, 5.41) is 9.35. The first-order chi connectivity index (χ1) is 13.8. The van der Waals surface area contributed by atoms with Gasteiger partial charge in [-0.25, -0.2) is 9.48 Å². The number of carbonyl (C=O) groups excluding carboxylic acids is 1. The zero-order valence-corrected chi connectivity index (χ0v) is 15.9. The minimum atomic E-state index is -4.79. The summed E-state index contributed by atoms with van der Waals surface area (Å²) in [5.74, 6) is 0. The molecule has 0 bridgehead atoms. The van der Waals surface area contributed by atoms with Crippen LogP contribution in [-0.4, -0.2) is 30.8 Å². The summed E-state index contributed by atoms with van der Waals surface area (Å²) in [6, 6.07) is 16.5. The number of halogens is 1. The van der Waals surface area contributed by atoms with E-state index in [4.69, 9.17) is 0 Å². The van der Waals surface area contributed by atoms with Crippen molar-refractivity contribution in [3.05, 3.63) is 77.1 Å². The highest BCUT2D eigenvalue weighted by molar-refractivity contribution is 7.86. The number of nitrogens with one attached hydrogen (secondary N) is 2. The Hall–Kier alpha value is -3.53. The van der Waals surface area contributed by atoms with Gasteiger partial charge in [0.05, 0.1) is 17.1 Å². The van der Waals surface area contributed by atoms with Crippen molar-refractivity contribution in [1.82, 2.24) is 15.1 Å². The predicted molar refractivity (Wildman–Crippen MR) is 106 cm³/mol. The van der Waals surface area contributed by atoms with Crippen LogP contribution in [0.25, 0.3) is 11.3 Å². The first-order valence-corrected chi connectivity index (χ1v) is 9.94. The number of amides is 2. The second-order valence-electron chi connectivity index (χ2n) is 5.99. The molecule has 8 nitrogen and oxygen atoms in total. The normalized spacial score (nSPS) is 11.1. The largest absolute Gasteiger partial charge is 0.336 e. The molecular weight excluding hydrogens is 399 g/mol. The summed E-state index contributed by atoms with van der Waals surface area (Å²) >= 11 is 0. The molecule has 3 aromatic rings. The molecule has 2 N–H and O–H groups in total. The standard InChI is InChI=1S/C19H17FN4O4S/c20-29(27,28)16-8-6-15(7-9-16)22-19(26)21-12-13-24-18(25)11-10-17(23-24)14-4-2-1-3-5-14/h1-11H,12-13H2,(H2,21,22,26). The number of anilines is 1. The average Bonchev–Trinajstić information content (AvgIpc) is 2.70. The maximum absolute atomic E-state index is 12.9. The number of urea groups is 1. The van der Waals surface area contributed by atoms with Crippen LogP contribution in [0.3, 0.4) is 0 Å². The first kappa shape index (κ1) is 20.2. The van der Waals surface area contributed by atoms with Crippen molar-refractivity contribution in [3.8, 4) is 11.3 Å². The van der Waals surface area contributed by atoms with Gasteiger partial charge in [-0.3, -0.25) is 4.79 Å². The van der Waals surface area contributed by atoms with E-state index in [2.05, 4.69) is 15.7 Å². The molecule has 0 radical (unpaired) electrons. The van der Waals surface area contributed by atoms with E-state index in [1.54, 1.807) is 6.07 Å². The third kappa shape index (κ3) is 5.48. The average molecular weight is 416 g/mol. The minimum absolute atomic E-state index is 0.133. The number of benzene rings is 2. The molecule has 0 spiro atoms. The molecule has 0 aliphatic heterocycles. The highest BCUT2D eigenvalue weighted by Crippen LogP contribution is 2.16. The lowest BCUT2D eigenvalue weighted by atomic mass is 10.1. The molecule has 2 amide bonds. The molecular formula is C19H17FN4O4S. The monoisotopic (exact) mass is 416 g/mol. The summed E-state index contributed by atoms with van der Waals surface area (Å²) in [5.41, 5.74) is 1.49. The van der Waals surface area contributed by atoms with Crippen LogP contribution in [0.5, 0.6) is 0 Å². The number of hydrogen-bond donors (Lipinski definition) is 2. The van der Waals surface area contributed by atoms with Crippen molar-refractivity contribution in [1.29, 1.82) is 0 Å². The number of nitrogens with zero attached hydrogens (tertiary/aromatic N) is 2. The third-order valence-electron chi connectivity index (χ3n) is 3.94. The Morgan fingerprint density at radius 1 is 1.00 bits per heavy atom. The van der Waals surface area contributed by atoms with E-state index in [0.717, 1.165) is 17.7 Å². The molecule has 0 aliphatic carbocycles. The van der Waals surface area contributed by atoms with Crippen LogP contribution >= 0.6 is 0 Å². The van der Waals surface area contributed by atoms with E-state index in [-0.39, 0.29) is 24.3 Å². The highest BCUT2D eigenvalue weighted by atomic mass is 32.3. The topological polar surface area (TPSA) is 110 Å². The van der Waals surface area contributed by atoms with E-state index in [0.29, 0.717) is 5.69 Å². The van der Waals surface area contributed by atoms with Gasteiger partial charge in [-0.05, 0) is 30.3 Å². The van der Waals surface area contributed by atoms with E-state index in [1.807, 2.05) is 30.3 Å². The van der Waals surface area contributed by atoms with Crippen LogP contribution < -0.4 is 16.2 Å². The minimum Gasteiger partial charge on any atom is -0.336 e. The third-order valence-corrected chi connectivity index (χ3v) is 4.77. The molecule has 0 saturated heterocycles. The maximum Gasteiger partial charge on any atom is 0.332 e. The van der Waals surface area contributed by atoms with Gasteiger partial charge < -0.3 is 10.6 Å². The SMILES string of the molecule is O=C(NCCn1nc(-c2ccccc2)ccc1=O)Nc1ccc(S(=O)(=O)F)cc1. The van der Waals surface area contributed by atoms with Gasteiger partial charge in [0.2, 0.25) is 0 Å². The second kappa shape index (κ2) is 8.65. The van der Waals surface area contributed by atoms with Crippen LogP contribution in [0.2, 0.25) is 0 Å². The number of rotatable bonds is 6. The Morgan fingerprint density at radius 3 is 2.34 bits per heavy atom. The quantitative estimate of drug-likeness (QED) is 0.600. The molecule has 150 valence electrons. The molecule has 1 heterocycles. The molecule has 0 unspecified atom stereocenters. The van der Waals surface area contributed by atoms with Gasteiger partial charge in [0.1, 0.15) is 0 Å². The molecule has 1 aromatic heterocycles. The lowest BCUT2D eigenvalue weighted by Crippen LogP contribution is -2.34. The van der Waals surface area contributed by atoms with Gasteiger partial charge >= 0.3 is 16.3 Å². The Balaban J connectivity index is 1.57. The fraction of sp³-hybridized carbons (Fsp3) is 0.105. The van der Waals surface area contributed by atoms with Crippen molar-refractivity contribution in [2.24, 2.45) is 0 Å². The van der Waals surface area contributed by atoms with Gasteiger partial charge in [0, 0.05) is 23.9 Å². The Kier molecular flexibility index (Phi) is 6.03. The van der Waals surface area contributed by atoms with E-state index < -0.39 is 21.1 Å². The van der Waals surface area contributed by atoms with Crippen LogP contribution in [0.1, 0.15) is 0 Å². The maximum atomic E-state index is 12.9. The van der Waals surface area contributed by atoms with Crippen molar-refractivity contribution < 1.29 is 17.1 Å². The number of aromatic nitrogens is 2. The fourth-order valence-electron chi connectivity index (χ4n) is 2.52. The molecule has 0 saturated carbocycles. The molecule has 2 aromatic carbocycles. The Labute approximate surface area is 166 Å². The summed E-state index contributed by atoms with van der Waals surface area (Å²) in [6.07, 6.45) is 0. The summed E-state index contributed by atoms with van der Waals surface area (Å²) in [6.45, 7) is 0.292. The fourth-order valence-corrected chi connectivity index (χ4v) is 2.98. The second-order valence-corrected chi connectivity index (χ2v) is 7.34. The van der Waals surface area contributed by atoms with Gasteiger partial charge in [-0.2, -0.15) is 13.5 Å². The molecule has 10 heteroatoms. The lowest BCUT2D eigenvalue weighted by Gasteiger charge is -2.10. The molecule has 3 rings (SSSR count). The molecule has 0 atom stereocenters.